The number of hydrogen-bond donors (Lipinski definition) is 1. The Morgan fingerprint density at radius 1 is 0.467 bits per heavy atom. The summed E-state index contributed by atoms with van der Waals surface area (Å²) in [5.41, 5.74) is 0. The van der Waals surface area contributed by atoms with Crippen LogP contribution < -0.4 is 0 Å². The molecule has 0 aliphatic heterocycles. The van der Waals surface area contributed by atoms with Gasteiger partial charge >= 0.3 is 11.9 Å². The normalized spacial score (nSPS) is 14.7. The Hall–Kier alpha value is -1.18. The zero-order chi connectivity index (χ0) is 43.7. The van der Waals surface area contributed by atoms with Gasteiger partial charge < -0.3 is 14.6 Å². The van der Waals surface area contributed by atoms with Crippen LogP contribution in [0.1, 0.15) is 253 Å². The average molecular weight is 849 g/mol. The highest BCUT2D eigenvalue weighted by Crippen LogP contribution is 2.27. The van der Waals surface area contributed by atoms with Crippen LogP contribution in [0.4, 0.5) is 0 Å². The third kappa shape index (κ3) is 32.5. The standard InChI is InChI=1S/C53H104N2O5/c1-6-11-16-20-22-26-33-48(31-24-18-13-8-3)44-52(57)59-46-50(35-28-29-39-55(51-36-30-37-51)41-40-54(42-43-56)38-15-10-5)47-60-53(58)45-49(32-25-19-14-9-4)34-27-23-21-17-12-7-2/h48-51,56H,6-47H2,1-5H3. The van der Waals surface area contributed by atoms with E-state index >= 15 is 0 Å². The summed E-state index contributed by atoms with van der Waals surface area (Å²) in [5.74, 6) is 0.731. The van der Waals surface area contributed by atoms with Crippen molar-refractivity contribution in [1.29, 1.82) is 0 Å². The first-order chi connectivity index (χ1) is 29.4. The fourth-order valence-electron chi connectivity index (χ4n) is 9.17. The molecule has 7 heteroatoms. The van der Waals surface area contributed by atoms with E-state index in [-0.39, 0.29) is 24.5 Å². The van der Waals surface area contributed by atoms with Crippen molar-refractivity contribution in [3.8, 4) is 0 Å². The molecule has 7 nitrogen and oxygen atoms in total. The molecule has 0 saturated heterocycles. The Labute approximate surface area is 374 Å². The smallest absolute Gasteiger partial charge is 0.306 e. The SMILES string of the molecule is CCCCCCCCC(CCCCCC)CC(=O)OCC(CCCCN(CCN(CCO)CCCC)C1CCC1)COC(=O)CC(CCCCCC)CCCCCCCC. The molecule has 1 N–H and O–H groups in total. The van der Waals surface area contributed by atoms with Crippen LogP contribution in [0, 0.1) is 17.8 Å². The van der Waals surface area contributed by atoms with E-state index in [0.29, 0.717) is 43.9 Å². The van der Waals surface area contributed by atoms with Crippen LogP contribution in [0.2, 0.25) is 0 Å². The van der Waals surface area contributed by atoms with Crippen molar-refractivity contribution in [2.75, 3.05) is 52.5 Å². The molecule has 0 aromatic heterocycles. The van der Waals surface area contributed by atoms with E-state index in [1.165, 1.54) is 161 Å². The number of carbonyl (C=O) groups excluding carboxylic acids is 2. The van der Waals surface area contributed by atoms with Gasteiger partial charge in [-0.1, -0.05) is 182 Å². The minimum atomic E-state index is -0.0597. The second-order valence-electron chi connectivity index (χ2n) is 19.2. The number of nitrogens with zero attached hydrogens (tertiary/aromatic N) is 2. The Balaban J connectivity index is 2.88. The van der Waals surface area contributed by atoms with Crippen molar-refractivity contribution >= 4 is 11.9 Å². The van der Waals surface area contributed by atoms with Crippen LogP contribution in [0.3, 0.4) is 0 Å². The van der Waals surface area contributed by atoms with Gasteiger partial charge in [-0.2, -0.15) is 0 Å². The maximum atomic E-state index is 13.5. The van der Waals surface area contributed by atoms with Gasteiger partial charge in [-0.05, 0) is 82.7 Å². The van der Waals surface area contributed by atoms with Gasteiger partial charge in [0, 0.05) is 44.4 Å². The zero-order valence-electron chi connectivity index (χ0n) is 41.0. The summed E-state index contributed by atoms with van der Waals surface area (Å²) in [6.07, 6.45) is 40.2. The molecule has 0 amide bonds. The predicted molar refractivity (Wildman–Crippen MR) is 257 cm³/mol. The monoisotopic (exact) mass is 849 g/mol. The van der Waals surface area contributed by atoms with Crippen molar-refractivity contribution < 1.29 is 24.2 Å². The molecule has 0 spiro atoms. The molecule has 0 radical (unpaired) electrons. The summed E-state index contributed by atoms with van der Waals surface area (Å²) in [5, 5.41) is 9.66. The quantitative estimate of drug-likeness (QED) is 0.0483. The summed E-state index contributed by atoms with van der Waals surface area (Å²) >= 11 is 0. The molecule has 1 saturated carbocycles. The summed E-state index contributed by atoms with van der Waals surface area (Å²) in [7, 11) is 0. The fraction of sp³-hybridized carbons (Fsp3) is 0.962. The Kier molecular flexibility index (Phi) is 39.6. The molecule has 0 aromatic carbocycles. The van der Waals surface area contributed by atoms with Crippen LogP contribution in [-0.4, -0.2) is 85.4 Å². The van der Waals surface area contributed by atoms with Crippen LogP contribution in [0.15, 0.2) is 0 Å². The number of esters is 2. The van der Waals surface area contributed by atoms with Gasteiger partial charge in [0.1, 0.15) is 0 Å². The Morgan fingerprint density at radius 3 is 1.28 bits per heavy atom. The lowest BCUT2D eigenvalue weighted by molar-refractivity contribution is -0.150. The highest BCUT2D eigenvalue weighted by atomic mass is 16.5. The van der Waals surface area contributed by atoms with Crippen molar-refractivity contribution in [3.05, 3.63) is 0 Å². The van der Waals surface area contributed by atoms with Crippen molar-refractivity contribution in [2.45, 2.75) is 259 Å². The van der Waals surface area contributed by atoms with E-state index in [0.717, 1.165) is 77.7 Å². The lowest BCUT2D eigenvalue weighted by atomic mass is 9.91. The number of carbonyl (C=O) groups is 2. The van der Waals surface area contributed by atoms with E-state index < -0.39 is 0 Å². The van der Waals surface area contributed by atoms with Crippen molar-refractivity contribution in [3.63, 3.8) is 0 Å². The molecule has 0 heterocycles. The van der Waals surface area contributed by atoms with E-state index in [4.69, 9.17) is 9.47 Å². The second kappa shape index (κ2) is 41.8. The average Bonchev–Trinajstić information content (AvgIpc) is 3.22. The van der Waals surface area contributed by atoms with E-state index in [1.54, 1.807) is 0 Å². The van der Waals surface area contributed by atoms with Gasteiger partial charge in [0.15, 0.2) is 0 Å². The van der Waals surface area contributed by atoms with E-state index in [1.807, 2.05) is 0 Å². The largest absolute Gasteiger partial charge is 0.465 e. The molecule has 1 rings (SSSR count). The molecular formula is C53H104N2O5. The molecule has 1 fully saturated rings. The maximum absolute atomic E-state index is 13.5. The van der Waals surface area contributed by atoms with Gasteiger partial charge in [-0.25, -0.2) is 0 Å². The molecule has 0 aromatic rings. The number of aliphatic hydroxyl groups excluding tert-OH is 1. The Morgan fingerprint density at radius 2 is 0.867 bits per heavy atom. The summed E-state index contributed by atoms with van der Waals surface area (Å²) in [6.45, 7) is 17.2. The first kappa shape index (κ1) is 56.8. The first-order valence-corrected chi connectivity index (χ1v) is 26.8. The zero-order valence-corrected chi connectivity index (χ0v) is 41.0. The van der Waals surface area contributed by atoms with Crippen LogP contribution in [-0.2, 0) is 19.1 Å². The number of aliphatic hydroxyl groups is 1. The lowest BCUT2D eigenvalue weighted by Gasteiger charge is -2.39. The molecule has 2 atom stereocenters. The maximum Gasteiger partial charge on any atom is 0.306 e. The van der Waals surface area contributed by atoms with Gasteiger partial charge in [0.05, 0.1) is 19.8 Å². The van der Waals surface area contributed by atoms with Crippen molar-refractivity contribution in [1.82, 2.24) is 9.80 Å². The minimum absolute atomic E-state index is 0.0345. The third-order valence-electron chi connectivity index (χ3n) is 13.6. The van der Waals surface area contributed by atoms with Crippen LogP contribution >= 0.6 is 0 Å². The summed E-state index contributed by atoms with van der Waals surface area (Å²) in [4.78, 5) is 32.0. The topological polar surface area (TPSA) is 79.3 Å². The number of rotatable bonds is 46. The summed E-state index contributed by atoms with van der Waals surface area (Å²) in [6, 6.07) is 0.683. The molecule has 1 aliphatic carbocycles. The minimum Gasteiger partial charge on any atom is -0.465 e. The molecule has 1 aliphatic rings. The predicted octanol–water partition coefficient (Wildman–Crippen LogP) is 14.3. The third-order valence-corrected chi connectivity index (χ3v) is 13.6. The molecular weight excluding hydrogens is 745 g/mol. The fourth-order valence-corrected chi connectivity index (χ4v) is 9.17. The van der Waals surface area contributed by atoms with E-state index in [2.05, 4.69) is 44.4 Å². The molecule has 0 bridgehead atoms. The molecule has 356 valence electrons. The highest BCUT2D eigenvalue weighted by molar-refractivity contribution is 5.70. The van der Waals surface area contributed by atoms with Crippen LogP contribution in [0.25, 0.3) is 0 Å². The van der Waals surface area contributed by atoms with Gasteiger partial charge in [0.2, 0.25) is 0 Å². The van der Waals surface area contributed by atoms with Gasteiger partial charge in [-0.3, -0.25) is 19.4 Å². The van der Waals surface area contributed by atoms with Gasteiger partial charge in [0.25, 0.3) is 0 Å². The number of hydrogen-bond acceptors (Lipinski definition) is 7. The lowest BCUT2D eigenvalue weighted by Crippen LogP contribution is -2.45. The number of ether oxygens (including phenoxy) is 2. The van der Waals surface area contributed by atoms with Gasteiger partial charge in [-0.15, -0.1) is 0 Å². The second-order valence-corrected chi connectivity index (χ2v) is 19.2. The summed E-state index contributed by atoms with van der Waals surface area (Å²) < 4.78 is 12.2. The van der Waals surface area contributed by atoms with E-state index in [9.17, 15) is 14.7 Å². The first-order valence-electron chi connectivity index (χ1n) is 26.8. The van der Waals surface area contributed by atoms with Crippen LogP contribution in [0.5, 0.6) is 0 Å². The number of unbranched alkanes of at least 4 members (excludes halogenated alkanes) is 18. The molecule has 60 heavy (non-hydrogen) atoms. The highest BCUT2D eigenvalue weighted by Gasteiger charge is 2.25. The van der Waals surface area contributed by atoms with Crippen molar-refractivity contribution in [2.24, 2.45) is 17.8 Å². The molecule has 2 unspecified atom stereocenters. The Bertz CT molecular complexity index is 894.